The molecule has 0 aromatic carbocycles. The van der Waals surface area contributed by atoms with Crippen molar-refractivity contribution < 1.29 is 85.7 Å². The molecule has 72 heavy (non-hydrogen) atoms. The van der Waals surface area contributed by atoms with Gasteiger partial charge in [0.25, 0.3) is 0 Å². The van der Waals surface area contributed by atoms with E-state index < -0.39 is 35.0 Å². The second kappa shape index (κ2) is 40.3. The summed E-state index contributed by atoms with van der Waals surface area (Å²) in [6.07, 6.45) is 6.80. The first-order valence-corrected chi connectivity index (χ1v) is 25.0. The molecule has 0 aromatic heterocycles. The molecule has 2 amide bonds. The zero-order chi connectivity index (χ0) is 55.8. The van der Waals surface area contributed by atoms with Gasteiger partial charge >= 0.3 is 48.0 Å². The molecule has 1 heterocycles. The summed E-state index contributed by atoms with van der Waals surface area (Å²) >= 11 is 0. The molecule has 1 fully saturated rings. The number of alkyl carbamates (subject to hydrolysis) is 2. The highest BCUT2D eigenvalue weighted by atomic mass is 16.6. The Hall–Kier alpha value is -5.24. The van der Waals surface area contributed by atoms with Crippen LogP contribution >= 0.6 is 0 Å². The molecule has 0 spiro atoms. The lowest BCUT2D eigenvalue weighted by molar-refractivity contribution is -0.155. The first-order chi connectivity index (χ1) is 33.6. The Balaban J connectivity index is -0.000000900. The minimum atomic E-state index is -0.671. The average molecular weight is 1030 g/mol. The van der Waals surface area contributed by atoms with Crippen molar-refractivity contribution in [2.75, 3.05) is 85.8 Å². The minimum absolute atomic E-state index is 0.000325. The summed E-state index contributed by atoms with van der Waals surface area (Å²) in [6, 6.07) is 0. The van der Waals surface area contributed by atoms with Crippen molar-refractivity contribution in [3.8, 4) is 0 Å². The number of hydrogen-bond donors (Lipinski definition) is 2. The van der Waals surface area contributed by atoms with E-state index in [2.05, 4.69) is 35.5 Å². The van der Waals surface area contributed by atoms with Gasteiger partial charge in [-0.1, -0.05) is 54.2 Å². The van der Waals surface area contributed by atoms with Gasteiger partial charge in [-0.05, 0) is 107 Å². The number of hydrogen-bond acceptors (Lipinski definition) is 18. The van der Waals surface area contributed by atoms with Crippen LogP contribution in [0.3, 0.4) is 0 Å². The molecule has 0 radical (unpaired) electrons. The van der Waals surface area contributed by atoms with Crippen LogP contribution < -0.4 is 10.6 Å². The summed E-state index contributed by atoms with van der Waals surface area (Å²) in [5.41, 5.74) is -1.47. The number of amides is 2. The normalized spacial score (nSPS) is 12.7. The van der Waals surface area contributed by atoms with Crippen LogP contribution in [0.15, 0.2) is 24.8 Å². The average Bonchev–Trinajstić information content (AvgIpc) is 4.18. The lowest BCUT2D eigenvalue weighted by Crippen LogP contribution is -2.31. The van der Waals surface area contributed by atoms with Gasteiger partial charge in [0, 0.05) is 18.3 Å². The molecule has 1 aliphatic heterocycles. The van der Waals surface area contributed by atoms with Gasteiger partial charge in [0.05, 0.1) is 61.2 Å². The molecule has 0 aliphatic carbocycles. The second-order valence-electron chi connectivity index (χ2n) is 19.0. The first-order valence-electron chi connectivity index (χ1n) is 25.0. The van der Waals surface area contributed by atoms with E-state index in [0.717, 1.165) is 51.2 Å². The number of nitrogens with one attached hydrogen (secondary N) is 2. The first kappa shape index (κ1) is 71.0. The molecule has 20 heteroatoms. The van der Waals surface area contributed by atoms with E-state index in [0.29, 0.717) is 50.9 Å². The number of carbonyl (C=O) groups excluding carboxylic acids is 8. The standard InChI is InChI=1S/C15H25NO6.C14H23NO6.C13H24O4.C10H20O2/c1-6-15(4,5)13(18)21-9-10-22-14(19)16-7-8-20-12(17)11(2)3;1-5-11(16)19-8-7-15-13(18)21-10-9-20-12(17)14(3,4)6-2;1-4-13(2,3)12(14)16-8-6-5-7-15-9-11-10-17-11;1-5-7-8-12-9(11)10(3,4)6-2/h2,6-10H2,1,3-5H3,(H,16,19);5H,1,6-10H2,2-4H3,(H,15,18);11H,4-10H2,1-3H3;5-8H2,1-4H3. The van der Waals surface area contributed by atoms with Gasteiger partial charge in [-0.2, -0.15) is 0 Å². The zero-order valence-corrected chi connectivity index (χ0v) is 46.3. The molecule has 0 bridgehead atoms. The molecule has 1 rings (SSSR count). The van der Waals surface area contributed by atoms with Crippen molar-refractivity contribution in [1.82, 2.24) is 10.6 Å². The quantitative estimate of drug-likeness (QED) is 0.0212. The Kier molecular flexibility index (Phi) is 39.7. The molecule has 0 saturated carbocycles. The van der Waals surface area contributed by atoms with E-state index in [4.69, 9.17) is 42.6 Å². The Labute approximate surface area is 430 Å². The summed E-state index contributed by atoms with van der Waals surface area (Å²) in [5, 5.41) is 4.78. The van der Waals surface area contributed by atoms with E-state index in [1.54, 1.807) is 27.7 Å². The molecule has 20 nitrogen and oxygen atoms in total. The summed E-state index contributed by atoms with van der Waals surface area (Å²) in [6.45, 7) is 36.4. The van der Waals surface area contributed by atoms with E-state index in [9.17, 15) is 38.4 Å². The Morgan fingerprint density at radius 2 is 0.861 bits per heavy atom. The third-order valence-corrected chi connectivity index (χ3v) is 10.9. The summed E-state index contributed by atoms with van der Waals surface area (Å²) in [4.78, 5) is 90.5. The highest BCUT2D eigenvalue weighted by Gasteiger charge is 2.29. The molecule has 1 aliphatic rings. The van der Waals surface area contributed by atoms with E-state index in [-0.39, 0.29) is 87.4 Å². The van der Waals surface area contributed by atoms with Crippen LogP contribution in [0.4, 0.5) is 9.59 Å². The Morgan fingerprint density at radius 3 is 1.21 bits per heavy atom. The van der Waals surface area contributed by atoms with Crippen LogP contribution in [0.25, 0.3) is 0 Å². The topological polar surface area (TPSA) is 256 Å². The maximum Gasteiger partial charge on any atom is 0.407 e. The van der Waals surface area contributed by atoms with Gasteiger partial charge in [-0.15, -0.1) is 0 Å². The second-order valence-corrected chi connectivity index (χ2v) is 19.0. The van der Waals surface area contributed by atoms with Crippen molar-refractivity contribution in [3.63, 3.8) is 0 Å². The van der Waals surface area contributed by atoms with Crippen molar-refractivity contribution in [1.29, 1.82) is 0 Å². The monoisotopic (exact) mass is 1030 g/mol. The third-order valence-electron chi connectivity index (χ3n) is 10.9. The predicted molar refractivity (Wildman–Crippen MR) is 270 cm³/mol. The lowest BCUT2D eigenvalue weighted by Gasteiger charge is -2.20. The lowest BCUT2D eigenvalue weighted by atomic mass is 9.91. The fourth-order valence-corrected chi connectivity index (χ4v) is 3.94. The third kappa shape index (κ3) is 38.4. The van der Waals surface area contributed by atoms with Crippen molar-refractivity contribution >= 4 is 48.0 Å². The summed E-state index contributed by atoms with van der Waals surface area (Å²) in [7, 11) is 0. The van der Waals surface area contributed by atoms with Gasteiger partial charge in [0.15, 0.2) is 0 Å². The van der Waals surface area contributed by atoms with E-state index in [1.165, 1.54) is 6.92 Å². The Morgan fingerprint density at radius 1 is 0.514 bits per heavy atom. The van der Waals surface area contributed by atoms with Crippen LogP contribution in [0.1, 0.15) is 148 Å². The van der Waals surface area contributed by atoms with Gasteiger partial charge in [-0.25, -0.2) is 19.2 Å². The predicted octanol–water partition coefficient (Wildman–Crippen LogP) is 8.16. The van der Waals surface area contributed by atoms with Gasteiger partial charge < -0.3 is 58.0 Å². The van der Waals surface area contributed by atoms with Gasteiger partial charge in [0.2, 0.25) is 0 Å². The smallest absolute Gasteiger partial charge is 0.407 e. The maximum absolute atomic E-state index is 11.6. The van der Waals surface area contributed by atoms with Crippen molar-refractivity contribution in [2.45, 2.75) is 154 Å². The number of unbranched alkanes of at least 4 members (excludes halogenated alkanes) is 2. The maximum atomic E-state index is 11.6. The highest BCUT2D eigenvalue weighted by molar-refractivity contribution is 5.87. The van der Waals surface area contributed by atoms with Crippen molar-refractivity contribution in [3.05, 3.63) is 24.8 Å². The fourth-order valence-electron chi connectivity index (χ4n) is 3.94. The zero-order valence-electron chi connectivity index (χ0n) is 46.3. The molecular weight excluding hydrogens is 941 g/mol. The molecule has 418 valence electrons. The molecule has 0 aromatic rings. The SMILES string of the molecule is C=C(C)C(=O)OCCNC(=O)OCCOC(=O)C(C)(C)CC.C=CC(=O)OCCNC(=O)OCCOC(=O)C(C)(C)CC.CCC(C)(C)C(=O)OCCCCOCC1CO1.CCCCOC(=O)C(C)(C)CC. The van der Waals surface area contributed by atoms with Gasteiger partial charge in [0.1, 0.15) is 45.7 Å². The van der Waals surface area contributed by atoms with Crippen LogP contribution in [0, 0.1) is 21.7 Å². The van der Waals surface area contributed by atoms with Crippen LogP contribution in [0.2, 0.25) is 0 Å². The van der Waals surface area contributed by atoms with E-state index >= 15 is 0 Å². The molecular formula is C52H92N2O18. The number of ether oxygens (including phenoxy) is 10. The number of esters is 6. The highest BCUT2D eigenvalue weighted by Crippen LogP contribution is 2.24. The molecule has 1 unspecified atom stereocenters. The number of carbonyl (C=O) groups is 8. The largest absolute Gasteiger partial charge is 0.465 e. The Bertz CT molecular complexity index is 1620. The minimum Gasteiger partial charge on any atom is -0.465 e. The van der Waals surface area contributed by atoms with Crippen LogP contribution in [0.5, 0.6) is 0 Å². The molecule has 2 N–H and O–H groups in total. The summed E-state index contributed by atoms with van der Waals surface area (Å²) in [5.74, 6) is -1.90. The molecule has 1 atom stereocenters. The van der Waals surface area contributed by atoms with Crippen LogP contribution in [-0.4, -0.2) is 140 Å². The van der Waals surface area contributed by atoms with Crippen LogP contribution in [-0.2, 0) is 76.1 Å². The van der Waals surface area contributed by atoms with Gasteiger partial charge in [-0.3, -0.25) is 19.2 Å². The summed E-state index contributed by atoms with van der Waals surface area (Å²) < 4.78 is 49.8. The molecule has 1 saturated heterocycles. The fraction of sp³-hybridized carbons (Fsp3) is 0.769. The number of epoxide rings is 1. The van der Waals surface area contributed by atoms with E-state index in [1.807, 2.05) is 55.4 Å². The number of rotatable bonds is 32. The van der Waals surface area contributed by atoms with Crippen molar-refractivity contribution in [2.24, 2.45) is 21.7 Å².